The van der Waals surface area contributed by atoms with Gasteiger partial charge in [-0.25, -0.2) is 14.8 Å². The second kappa shape index (κ2) is 10.2. The van der Waals surface area contributed by atoms with Crippen LogP contribution in [0.15, 0.2) is 71.3 Å². The lowest BCUT2D eigenvalue weighted by molar-refractivity contribution is 0.102. The molecule has 0 aliphatic carbocycles. The number of halogens is 2. The third-order valence-electron chi connectivity index (χ3n) is 4.40. The third-order valence-corrected chi connectivity index (χ3v) is 5.15. The number of carbonyl (C=O) groups is 2. The average molecular weight is 527 g/mol. The van der Waals surface area contributed by atoms with Crippen molar-refractivity contribution in [3.8, 4) is 11.4 Å². The number of nitrogens with zero attached hydrogens (tertiary/aromatic N) is 3. The van der Waals surface area contributed by atoms with Gasteiger partial charge < -0.3 is 16.0 Å². The van der Waals surface area contributed by atoms with Gasteiger partial charge in [-0.05, 0) is 42.5 Å². The first-order valence-electron chi connectivity index (χ1n) is 9.71. The van der Waals surface area contributed by atoms with E-state index in [4.69, 9.17) is 11.6 Å². The number of hydrogen-bond donors (Lipinski definition) is 4. The number of carbonyl (C=O) groups excluding carboxylic acids is 2. The van der Waals surface area contributed by atoms with E-state index in [2.05, 4.69) is 52.0 Å². The molecule has 4 rings (SSSR count). The molecule has 0 unspecified atom stereocenters. The van der Waals surface area contributed by atoms with Crippen molar-refractivity contribution in [1.82, 2.24) is 25.5 Å². The second-order valence-corrected chi connectivity index (χ2v) is 8.17. The maximum atomic E-state index is 12.5. The molecule has 33 heavy (non-hydrogen) atoms. The van der Waals surface area contributed by atoms with E-state index in [9.17, 15) is 9.59 Å². The number of rotatable bonds is 6. The van der Waals surface area contributed by atoms with Gasteiger partial charge in [0, 0.05) is 27.5 Å². The normalized spacial score (nSPS) is 10.5. The number of pyridine rings is 1. The van der Waals surface area contributed by atoms with Crippen LogP contribution in [0.4, 0.5) is 16.3 Å². The Balaban J connectivity index is 1.32. The summed E-state index contributed by atoms with van der Waals surface area (Å²) >= 11 is 9.19. The van der Waals surface area contributed by atoms with E-state index in [-0.39, 0.29) is 12.5 Å². The van der Waals surface area contributed by atoms with E-state index in [1.54, 1.807) is 36.4 Å². The Morgan fingerprint density at radius 2 is 1.85 bits per heavy atom. The van der Waals surface area contributed by atoms with Gasteiger partial charge in [0.05, 0.1) is 11.6 Å². The maximum Gasteiger partial charge on any atom is 0.319 e. The van der Waals surface area contributed by atoms with E-state index in [1.807, 2.05) is 24.3 Å². The highest BCUT2D eigenvalue weighted by molar-refractivity contribution is 9.10. The number of aromatic amines is 1. The Morgan fingerprint density at radius 3 is 2.61 bits per heavy atom. The minimum absolute atomic E-state index is 0.151. The van der Waals surface area contributed by atoms with Gasteiger partial charge in [-0.15, -0.1) is 0 Å². The molecule has 0 atom stereocenters. The van der Waals surface area contributed by atoms with E-state index < -0.39 is 6.03 Å². The molecule has 4 N–H and O–H groups in total. The summed E-state index contributed by atoms with van der Waals surface area (Å²) in [7, 11) is 0. The SMILES string of the molecule is O=C(NCc1nc(-c2ccc(Br)cc2)n[nH]1)Nc1cccc(C(=O)Nc2ccc(Cl)cn2)c1. The highest BCUT2D eigenvalue weighted by Crippen LogP contribution is 2.18. The van der Waals surface area contributed by atoms with Crippen molar-refractivity contribution in [1.29, 1.82) is 0 Å². The molecule has 0 radical (unpaired) electrons. The van der Waals surface area contributed by atoms with Crippen molar-refractivity contribution in [2.45, 2.75) is 6.54 Å². The van der Waals surface area contributed by atoms with E-state index in [0.717, 1.165) is 10.0 Å². The fourth-order valence-corrected chi connectivity index (χ4v) is 3.19. The van der Waals surface area contributed by atoms with Crippen LogP contribution in [0.1, 0.15) is 16.2 Å². The third kappa shape index (κ3) is 6.15. The van der Waals surface area contributed by atoms with Crippen LogP contribution in [0.3, 0.4) is 0 Å². The molecule has 0 saturated carbocycles. The number of aromatic nitrogens is 4. The van der Waals surface area contributed by atoms with Crippen molar-refractivity contribution in [2.75, 3.05) is 10.6 Å². The molecule has 2 heterocycles. The van der Waals surface area contributed by atoms with Crippen LogP contribution in [-0.2, 0) is 6.54 Å². The van der Waals surface area contributed by atoms with Crippen LogP contribution in [0, 0.1) is 0 Å². The molecule has 0 spiro atoms. The van der Waals surface area contributed by atoms with Gasteiger partial charge in [0.15, 0.2) is 5.82 Å². The van der Waals surface area contributed by atoms with Gasteiger partial charge in [0.2, 0.25) is 0 Å². The predicted octanol–water partition coefficient (Wildman–Crippen LogP) is 4.86. The summed E-state index contributed by atoms with van der Waals surface area (Å²) in [6, 6.07) is 16.9. The van der Waals surface area contributed by atoms with Crippen molar-refractivity contribution in [2.24, 2.45) is 0 Å². The van der Waals surface area contributed by atoms with Crippen LogP contribution < -0.4 is 16.0 Å². The largest absolute Gasteiger partial charge is 0.331 e. The lowest BCUT2D eigenvalue weighted by Gasteiger charge is -2.09. The van der Waals surface area contributed by atoms with E-state index in [1.165, 1.54) is 6.20 Å². The molecule has 0 bridgehead atoms. The molecule has 3 amide bonds. The predicted molar refractivity (Wildman–Crippen MR) is 129 cm³/mol. The van der Waals surface area contributed by atoms with Crippen molar-refractivity contribution in [3.63, 3.8) is 0 Å². The van der Waals surface area contributed by atoms with E-state index in [0.29, 0.717) is 33.7 Å². The Hall–Kier alpha value is -3.76. The van der Waals surface area contributed by atoms with E-state index >= 15 is 0 Å². The average Bonchev–Trinajstić information content (AvgIpc) is 3.29. The maximum absolute atomic E-state index is 12.5. The lowest BCUT2D eigenvalue weighted by atomic mass is 10.2. The summed E-state index contributed by atoms with van der Waals surface area (Å²) in [5.74, 6) is 1.05. The fraction of sp³-hybridized carbons (Fsp3) is 0.0455. The van der Waals surface area contributed by atoms with Crippen molar-refractivity contribution < 1.29 is 9.59 Å². The highest BCUT2D eigenvalue weighted by Gasteiger charge is 2.10. The smallest absolute Gasteiger partial charge is 0.319 e. The van der Waals surface area contributed by atoms with Crippen molar-refractivity contribution in [3.05, 3.63) is 87.7 Å². The summed E-state index contributed by atoms with van der Waals surface area (Å²) < 4.78 is 0.962. The summed E-state index contributed by atoms with van der Waals surface area (Å²) in [4.78, 5) is 33.2. The molecule has 0 saturated heterocycles. The van der Waals surface area contributed by atoms with Gasteiger partial charge in [-0.1, -0.05) is 45.7 Å². The summed E-state index contributed by atoms with van der Waals surface area (Å²) in [5, 5.41) is 15.5. The fourth-order valence-electron chi connectivity index (χ4n) is 2.82. The van der Waals surface area contributed by atoms with Crippen molar-refractivity contribution >= 4 is 51.0 Å². The van der Waals surface area contributed by atoms with Crippen LogP contribution in [0.2, 0.25) is 5.02 Å². The summed E-state index contributed by atoms with van der Waals surface area (Å²) in [6.45, 7) is 0.151. The van der Waals surface area contributed by atoms with Crippen LogP contribution in [0.5, 0.6) is 0 Å². The molecule has 2 aromatic carbocycles. The summed E-state index contributed by atoms with van der Waals surface area (Å²) in [5.41, 5.74) is 1.67. The van der Waals surface area contributed by atoms with Gasteiger partial charge in [0.25, 0.3) is 5.91 Å². The zero-order valence-corrected chi connectivity index (χ0v) is 19.3. The Kier molecular flexibility index (Phi) is 6.96. The van der Waals surface area contributed by atoms with Gasteiger partial charge in [-0.2, -0.15) is 5.10 Å². The molecular formula is C22H17BrClN7O2. The molecular weight excluding hydrogens is 510 g/mol. The number of nitrogens with one attached hydrogen (secondary N) is 4. The quantitative estimate of drug-likeness (QED) is 0.286. The Bertz CT molecular complexity index is 1280. The standard InChI is InChI=1S/C22H17BrClN7O2/c23-15-6-4-13(5-7-15)20-28-19(30-31-20)12-26-22(33)27-17-3-1-2-14(10-17)21(32)29-18-9-8-16(24)11-25-18/h1-11H,12H2,(H,25,29,32)(H2,26,27,33)(H,28,30,31). The molecule has 0 aliphatic rings. The zero-order valence-electron chi connectivity index (χ0n) is 17.0. The Labute approximate surface area is 202 Å². The molecule has 2 aromatic heterocycles. The number of benzene rings is 2. The van der Waals surface area contributed by atoms with Crippen LogP contribution >= 0.6 is 27.5 Å². The van der Waals surface area contributed by atoms with Gasteiger partial charge >= 0.3 is 6.03 Å². The zero-order chi connectivity index (χ0) is 23.2. The highest BCUT2D eigenvalue weighted by atomic mass is 79.9. The van der Waals surface area contributed by atoms with Gasteiger partial charge in [0.1, 0.15) is 11.6 Å². The second-order valence-electron chi connectivity index (χ2n) is 6.82. The summed E-state index contributed by atoms with van der Waals surface area (Å²) in [6.07, 6.45) is 1.44. The number of H-pyrrole nitrogens is 1. The minimum atomic E-state index is -0.450. The molecule has 0 fully saturated rings. The lowest BCUT2D eigenvalue weighted by Crippen LogP contribution is -2.28. The molecule has 166 valence electrons. The monoisotopic (exact) mass is 525 g/mol. The first-order chi connectivity index (χ1) is 16.0. The van der Waals surface area contributed by atoms with Crippen LogP contribution in [-0.4, -0.2) is 32.1 Å². The number of urea groups is 1. The number of hydrogen-bond acceptors (Lipinski definition) is 5. The molecule has 11 heteroatoms. The van der Waals surface area contributed by atoms with Gasteiger partial charge in [-0.3, -0.25) is 9.89 Å². The number of anilines is 2. The number of amides is 3. The first kappa shape index (κ1) is 22.4. The minimum Gasteiger partial charge on any atom is -0.331 e. The molecule has 9 nitrogen and oxygen atoms in total. The molecule has 4 aromatic rings. The molecule has 0 aliphatic heterocycles. The first-order valence-corrected chi connectivity index (χ1v) is 10.9. The van der Waals surface area contributed by atoms with Crippen LogP contribution in [0.25, 0.3) is 11.4 Å². The topological polar surface area (TPSA) is 125 Å². The Morgan fingerprint density at radius 1 is 1.03 bits per heavy atom.